The van der Waals surface area contributed by atoms with Crippen LogP contribution in [0.4, 0.5) is 0 Å². The molecule has 0 aromatic carbocycles. The molecule has 0 saturated carbocycles. The molecule has 0 N–H and O–H groups in total. The molecule has 68 valence electrons. The fourth-order valence-corrected chi connectivity index (χ4v) is 1.23. The number of rotatable bonds is 5. The Labute approximate surface area is 73.6 Å². The smallest absolute Gasteiger partial charge is 0.133 e. The van der Waals surface area contributed by atoms with Crippen molar-refractivity contribution >= 4 is 5.78 Å². The number of Topliss-reactive ketones (excluding diaryl/α,β-unsaturated/α-hetero) is 1. The van der Waals surface area contributed by atoms with Crippen LogP contribution in [0.3, 0.4) is 0 Å². The van der Waals surface area contributed by atoms with Crippen molar-refractivity contribution in [1.82, 2.24) is 0 Å². The zero-order valence-electron chi connectivity index (χ0n) is 7.75. The summed E-state index contributed by atoms with van der Waals surface area (Å²) in [5, 5.41) is 0. The predicted molar refractivity (Wildman–Crippen MR) is 48.0 cm³/mol. The van der Waals surface area contributed by atoms with Gasteiger partial charge in [-0.3, -0.25) is 4.79 Å². The lowest BCUT2D eigenvalue weighted by molar-refractivity contribution is -0.116. The van der Waals surface area contributed by atoms with Gasteiger partial charge < -0.3 is 4.74 Å². The highest BCUT2D eigenvalue weighted by atomic mass is 16.6. The second-order valence-electron chi connectivity index (χ2n) is 3.23. The predicted octanol–water partition coefficient (Wildman–Crippen LogP) is 2.09. The van der Waals surface area contributed by atoms with E-state index in [4.69, 9.17) is 4.74 Å². The zero-order valence-corrected chi connectivity index (χ0v) is 7.75. The molecule has 0 aromatic heterocycles. The molecule has 1 rings (SSSR count). The van der Waals surface area contributed by atoms with Crippen LogP contribution in [0.5, 0.6) is 0 Å². The number of hydrogen-bond donors (Lipinski definition) is 0. The van der Waals surface area contributed by atoms with Crippen LogP contribution in [0.25, 0.3) is 0 Å². The molecule has 0 spiro atoms. The van der Waals surface area contributed by atoms with E-state index in [1.165, 1.54) is 0 Å². The normalized spacial score (nSPS) is 27.8. The van der Waals surface area contributed by atoms with Crippen molar-refractivity contribution < 1.29 is 9.53 Å². The van der Waals surface area contributed by atoms with Crippen molar-refractivity contribution in [2.75, 3.05) is 0 Å². The molecule has 0 aromatic rings. The number of ketones is 1. The van der Waals surface area contributed by atoms with E-state index in [2.05, 4.69) is 6.92 Å². The molecule has 1 aliphatic rings. The maximum atomic E-state index is 10.5. The molecule has 2 atom stereocenters. The van der Waals surface area contributed by atoms with E-state index in [-0.39, 0.29) is 5.78 Å². The second kappa shape index (κ2) is 4.41. The van der Waals surface area contributed by atoms with Crippen LogP contribution < -0.4 is 0 Å². The molecule has 0 amide bonds. The summed E-state index contributed by atoms with van der Waals surface area (Å²) in [6, 6.07) is 0. The summed E-state index contributed by atoms with van der Waals surface area (Å²) < 4.78 is 5.34. The molecular formula is C10H16O2. The van der Waals surface area contributed by atoms with Gasteiger partial charge in [0.05, 0.1) is 12.2 Å². The van der Waals surface area contributed by atoms with E-state index in [1.54, 1.807) is 6.92 Å². The maximum absolute atomic E-state index is 10.5. The summed E-state index contributed by atoms with van der Waals surface area (Å²) in [5.74, 6) is 0.218. The topological polar surface area (TPSA) is 29.6 Å². The van der Waals surface area contributed by atoms with Crippen LogP contribution in [-0.2, 0) is 9.53 Å². The molecule has 0 aliphatic carbocycles. The molecule has 2 heteroatoms. The minimum absolute atomic E-state index is 0.218. The Bertz CT molecular complexity index is 184. The van der Waals surface area contributed by atoms with Gasteiger partial charge in [0.1, 0.15) is 5.78 Å². The Kier molecular flexibility index (Phi) is 3.48. The number of carbonyl (C=O) groups is 1. The average molecular weight is 168 g/mol. The van der Waals surface area contributed by atoms with Crippen molar-refractivity contribution in [2.24, 2.45) is 0 Å². The standard InChI is InChI=1S/C10H16O2/c1-3-9-10(12-9)7-5-4-6-8(2)11/h4-5,9-10H,3,6-7H2,1-2H3/b5-4-/t9-,10+/m1/s1. The third-order valence-corrected chi connectivity index (χ3v) is 2.03. The first-order chi connectivity index (χ1) is 5.74. The van der Waals surface area contributed by atoms with Crippen LogP contribution in [0.1, 0.15) is 33.1 Å². The number of carbonyl (C=O) groups excluding carboxylic acids is 1. The van der Waals surface area contributed by atoms with Gasteiger partial charge >= 0.3 is 0 Å². The van der Waals surface area contributed by atoms with E-state index in [0.717, 1.165) is 12.8 Å². The minimum atomic E-state index is 0.218. The van der Waals surface area contributed by atoms with E-state index in [0.29, 0.717) is 18.6 Å². The SMILES string of the molecule is CC[C@H]1O[C@H]1C/C=C\CC(C)=O. The van der Waals surface area contributed by atoms with Gasteiger partial charge in [0, 0.05) is 6.42 Å². The van der Waals surface area contributed by atoms with Crippen molar-refractivity contribution in [2.45, 2.75) is 45.3 Å². The van der Waals surface area contributed by atoms with E-state index in [1.807, 2.05) is 12.2 Å². The number of hydrogen-bond acceptors (Lipinski definition) is 2. The number of epoxide rings is 1. The molecule has 0 bridgehead atoms. The lowest BCUT2D eigenvalue weighted by Gasteiger charge is -1.85. The average Bonchev–Trinajstić information content (AvgIpc) is 2.76. The minimum Gasteiger partial charge on any atom is -0.369 e. The van der Waals surface area contributed by atoms with Crippen molar-refractivity contribution in [3.63, 3.8) is 0 Å². The Morgan fingerprint density at radius 1 is 1.42 bits per heavy atom. The van der Waals surface area contributed by atoms with Gasteiger partial charge in [-0.2, -0.15) is 0 Å². The largest absolute Gasteiger partial charge is 0.369 e. The summed E-state index contributed by atoms with van der Waals surface area (Å²) in [5.41, 5.74) is 0. The maximum Gasteiger partial charge on any atom is 0.133 e. The first-order valence-corrected chi connectivity index (χ1v) is 4.54. The highest BCUT2D eigenvalue weighted by molar-refractivity contribution is 5.76. The summed E-state index contributed by atoms with van der Waals surface area (Å²) in [6.45, 7) is 3.73. The van der Waals surface area contributed by atoms with E-state index >= 15 is 0 Å². The number of allylic oxidation sites excluding steroid dienone is 1. The van der Waals surface area contributed by atoms with Gasteiger partial charge in [-0.15, -0.1) is 0 Å². The third kappa shape index (κ3) is 3.18. The summed E-state index contributed by atoms with van der Waals surface area (Å²) in [4.78, 5) is 10.5. The first-order valence-electron chi connectivity index (χ1n) is 4.54. The zero-order chi connectivity index (χ0) is 8.97. The molecule has 12 heavy (non-hydrogen) atoms. The Balaban J connectivity index is 2.03. The second-order valence-corrected chi connectivity index (χ2v) is 3.23. The molecule has 1 heterocycles. The van der Waals surface area contributed by atoms with Crippen LogP contribution in [0.15, 0.2) is 12.2 Å². The molecule has 1 saturated heterocycles. The fourth-order valence-electron chi connectivity index (χ4n) is 1.23. The quantitative estimate of drug-likeness (QED) is 0.464. The fraction of sp³-hybridized carbons (Fsp3) is 0.700. The van der Waals surface area contributed by atoms with E-state index in [9.17, 15) is 4.79 Å². The Morgan fingerprint density at radius 2 is 2.17 bits per heavy atom. The Morgan fingerprint density at radius 3 is 2.67 bits per heavy atom. The van der Waals surface area contributed by atoms with E-state index < -0.39 is 0 Å². The lowest BCUT2D eigenvalue weighted by Crippen LogP contribution is -1.90. The van der Waals surface area contributed by atoms with Crippen molar-refractivity contribution in [3.05, 3.63) is 12.2 Å². The molecule has 0 unspecified atom stereocenters. The molecule has 2 nitrogen and oxygen atoms in total. The molecular weight excluding hydrogens is 152 g/mol. The third-order valence-electron chi connectivity index (χ3n) is 2.03. The Hall–Kier alpha value is -0.630. The van der Waals surface area contributed by atoms with Crippen LogP contribution in [0, 0.1) is 0 Å². The van der Waals surface area contributed by atoms with Gasteiger partial charge in [0.25, 0.3) is 0 Å². The molecule has 0 radical (unpaired) electrons. The van der Waals surface area contributed by atoms with Crippen molar-refractivity contribution in [1.29, 1.82) is 0 Å². The summed E-state index contributed by atoms with van der Waals surface area (Å²) in [7, 11) is 0. The van der Waals surface area contributed by atoms with Crippen LogP contribution in [-0.4, -0.2) is 18.0 Å². The van der Waals surface area contributed by atoms with Crippen molar-refractivity contribution in [3.8, 4) is 0 Å². The molecule has 1 aliphatic heterocycles. The lowest BCUT2D eigenvalue weighted by atomic mass is 10.2. The summed E-state index contributed by atoms with van der Waals surface area (Å²) in [6.07, 6.45) is 7.50. The molecule has 1 fully saturated rings. The van der Waals surface area contributed by atoms with Gasteiger partial charge in [-0.1, -0.05) is 19.1 Å². The van der Waals surface area contributed by atoms with Gasteiger partial charge in [0.15, 0.2) is 0 Å². The highest BCUT2D eigenvalue weighted by Crippen LogP contribution is 2.27. The van der Waals surface area contributed by atoms with Crippen LogP contribution >= 0.6 is 0 Å². The van der Waals surface area contributed by atoms with Gasteiger partial charge in [0.2, 0.25) is 0 Å². The van der Waals surface area contributed by atoms with Gasteiger partial charge in [-0.25, -0.2) is 0 Å². The van der Waals surface area contributed by atoms with Gasteiger partial charge in [-0.05, 0) is 19.8 Å². The highest BCUT2D eigenvalue weighted by Gasteiger charge is 2.35. The van der Waals surface area contributed by atoms with Crippen LogP contribution in [0.2, 0.25) is 0 Å². The number of ether oxygens (including phenoxy) is 1. The first kappa shape index (κ1) is 9.46. The summed E-state index contributed by atoms with van der Waals surface area (Å²) >= 11 is 0. The monoisotopic (exact) mass is 168 g/mol.